The fourth-order valence-electron chi connectivity index (χ4n) is 3.43. The molecule has 3 fully saturated rings. The number of nitrogens with one attached hydrogen (secondary N) is 2. The summed E-state index contributed by atoms with van der Waals surface area (Å²) in [6, 6.07) is 0. The van der Waals surface area contributed by atoms with Crippen LogP contribution in [0.2, 0.25) is 0 Å². The van der Waals surface area contributed by atoms with Crippen LogP contribution in [0.1, 0.15) is 32.1 Å². The number of carbonyl (C=O) groups is 1. The summed E-state index contributed by atoms with van der Waals surface area (Å²) in [4.78, 5) is 12.0. The van der Waals surface area contributed by atoms with Crippen molar-refractivity contribution in [1.82, 2.24) is 10.6 Å². The van der Waals surface area contributed by atoms with Crippen LogP contribution in [0.15, 0.2) is 0 Å². The van der Waals surface area contributed by atoms with E-state index in [2.05, 4.69) is 10.6 Å². The summed E-state index contributed by atoms with van der Waals surface area (Å²) in [7, 11) is 0. The van der Waals surface area contributed by atoms with E-state index in [-0.39, 0.29) is 17.9 Å². The summed E-state index contributed by atoms with van der Waals surface area (Å²) in [5, 5.41) is 15.6. The number of hydrogen-bond donors (Lipinski definition) is 3. The predicted molar refractivity (Wildman–Crippen MR) is 64.4 cm³/mol. The number of aliphatic hydroxyl groups is 1. The molecule has 1 amide bonds. The molecule has 1 aliphatic heterocycles. The van der Waals surface area contributed by atoms with Crippen LogP contribution in [0.3, 0.4) is 0 Å². The molecule has 3 aliphatic rings. The lowest BCUT2D eigenvalue weighted by Gasteiger charge is -2.31. The Morgan fingerprint density at radius 1 is 1.35 bits per heavy atom. The summed E-state index contributed by atoms with van der Waals surface area (Å²) < 4.78 is 0. The molecule has 4 nitrogen and oxygen atoms in total. The maximum atomic E-state index is 12.0. The first-order valence-electron chi connectivity index (χ1n) is 6.86. The van der Waals surface area contributed by atoms with Gasteiger partial charge in [0.15, 0.2) is 0 Å². The van der Waals surface area contributed by atoms with E-state index in [4.69, 9.17) is 0 Å². The molecular formula is C13H22N2O2. The molecule has 3 N–H and O–H groups in total. The van der Waals surface area contributed by atoms with E-state index in [1.165, 1.54) is 0 Å². The highest BCUT2D eigenvalue weighted by molar-refractivity contribution is 5.82. The van der Waals surface area contributed by atoms with Gasteiger partial charge in [0.2, 0.25) is 5.91 Å². The van der Waals surface area contributed by atoms with Crippen molar-refractivity contribution in [1.29, 1.82) is 0 Å². The van der Waals surface area contributed by atoms with Crippen molar-refractivity contribution in [3.05, 3.63) is 0 Å². The summed E-state index contributed by atoms with van der Waals surface area (Å²) in [6.07, 6.45) is 5.02. The Labute approximate surface area is 102 Å². The molecule has 17 heavy (non-hydrogen) atoms. The van der Waals surface area contributed by atoms with Crippen molar-refractivity contribution < 1.29 is 9.90 Å². The van der Waals surface area contributed by atoms with E-state index in [1.54, 1.807) is 0 Å². The van der Waals surface area contributed by atoms with Crippen molar-refractivity contribution in [3.63, 3.8) is 0 Å². The minimum atomic E-state index is -0.117. The lowest BCUT2D eigenvalue weighted by Crippen LogP contribution is -2.40. The molecule has 1 spiro atoms. The maximum Gasteiger partial charge on any atom is 0.223 e. The van der Waals surface area contributed by atoms with Gasteiger partial charge in [0, 0.05) is 12.5 Å². The van der Waals surface area contributed by atoms with Crippen LogP contribution in [0.4, 0.5) is 0 Å². The van der Waals surface area contributed by atoms with Gasteiger partial charge in [0.1, 0.15) is 0 Å². The van der Waals surface area contributed by atoms with Crippen LogP contribution in [0.5, 0.6) is 0 Å². The Balaban J connectivity index is 1.42. The molecule has 0 bridgehead atoms. The molecule has 1 heterocycles. The molecule has 2 saturated carbocycles. The van der Waals surface area contributed by atoms with Crippen molar-refractivity contribution in [2.24, 2.45) is 17.3 Å². The normalized spacial score (nSPS) is 38.5. The van der Waals surface area contributed by atoms with Crippen LogP contribution in [-0.4, -0.2) is 36.8 Å². The zero-order valence-corrected chi connectivity index (χ0v) is 10.2. The minimum absolute atomic E-state index is 0.117. The minimum Gasteiger partial charge on any atom is -0.393 e. The average Bonchev–Trinajstić information content (AvgIpc) is 2.97. The predicted octanol–water partition coefficient (Wildman–Crippen LogP) is 0.263. The highest BCUT2D eigenvalue weighted by Gasteiger charge is 2.57. The fraction of sp³-hybridized carbons (Fsp3) is 0.923. The largest absolute Gasteiger partial charge is 0.393 e. The third-order valence-electron chi connectivity index (χ3n) is 4.88. The first-order valence-corrected chi connectivity index (χ1v) is 6.86. The average molecular weight is 238 g/mol. The second-order valence-corrected chi connectivity index (χ2v) is 6.11. The number of aliphatic hydroxyl groups excluding tert-OH is 1. The van der Waals surface area contributed by atoms with Crippen molar-refractivity contribution >= 4 is 5.91 Å². The van der Waals surface area contributed by atoms with Crippen molar-refractivity contribution in [2.75, 3.05) is 19.6 Å². The lowest BCUT2D eigenvalue weighted by atomic mass is 9.82. The quantitative estimate of drug-likeness (QED) is 0.661. The molecule has 96 valence electrons. The molecule has 3 rings (SSSR count). The Morgan fingerprint density at radius 2 is 2.06 bits per heavy atom. The smallest absolute Gasteiger partial charge is 0.223 e. The third-order valence-corrected chi connectivity index (χ3v) is 4.88. The van der Waals surface area contributed by atoms with Crippen molar-refractivity contribution in [3.8, 4) is 0 Å². The first-order chi connectivity index (χ1) is 8.20. The lowest BCUT2D eigenvalue weighted by molar-refractivity contribution is -0.123. The molecule has 0 radical (unpaired) electrons. The SMILES string of the molecule is O=C(NCC1CC(O)C1)C1CC12CCNCC2. The number of carbonyl (C=O) groups excluding carboxylic acids is 1. The van der Waals surface area contributed by atoms with Crippen LogP contribution >= 0.6 is 0 Å². The number of hydrogen-bond acceptors (Lipinski definition) is 3. The molecule has 1 atom stereocenters. The Hall–Kier alpha value is -0.610. The van der Waals surface area contributed by atoms with Gasteiger partial charge in [-0.2, -0.15) is 0 Å². The summed E-state index contributed by atoms with van der Waals surface area (Å²) in [5.41, 5.74) is 0.342. The van der Waals surface area contributed by atoms with Crippen LogP contribution in [0.25, 0.3) is 0 Å². The van der Waals surface area contributed by atoms with E-state index in [1.807, 2.05) is 0 Å². The Kier molecular flexibility index (Phi) is 2.87. The Morgan fingerprint density at radius 3 is 2.71 bits per heavy atom. The number of rotatable bonds is 3. The second-order valence-electron chi connectivity index (χ2n) is 6.11. The molecule has 1 unspecified atom stereocenters. The zero-order chi connectivity index (χ0) is 11.9. The second kappa shape index (κ2) is 4.25. The highest BCUT2D eigenvalue weighted by atomic mass is 16.3. The monoisotopic (exact) mass is 238 g/mol. The number of piperidine rings is 1. The summed E-state index contributed by atoms with van der Waals surface area (Å²) in [5.74, 6) is 1.04. The van der Waals surface area contributed by atoms with E-state index in [9.17, 15) is 9.90 Å². The van der Waals surface area contributed by atoms with Gasteiger partial charge in [-0.1, -0.05) is 0 Å². The molecule has 1 saturated heterocycles. The van der Waals surface area contributed by atoms with Crippen LogP contribution in [0, 0.1) is 17.3 Å². The molecule has 0 aromatic rings. The van der Waals surface area contributed by atoms with E-state index >= 15 is 0 Å². The van der Waals surface area contributed by atoms with Crippen LogP contribution < -0.4 is 10.6 Å². The van der Waals surface area contributed by atoms with Gasteiger partial charge in [0.05, 0.1) is 6.10 Å². The molecule has 4 heteroatoms. The third kappa shape index (κ3) is 2.20. The maximum absolute atomic E-state index is 12.0. The molecule has 0 aromatic carbocycles. The Bertz CT molecular complexity index is 307. The highest BCUT2D eigenvalue weighted by Crippen LogP contribution is 2.58. The van der Waals surface area contributed by atoms with E-state index in [0.717, 1.165) is 51.7 Å². The van der Waals surface area contributed by atoms with Gasteiger partial charge >= 0.3 is 0 Å². The standard InChI is InChI=1S/C13H22N2O2/c16-10-5-9(6-10)8-15-12(17)11-7-13(11)1-3-14-4-2-13/h9-11,14,16H,1-8H2,(H,15,17). The summed E-state index contributed by atoms with van der Waals surface area (Å²) >= 11 is 0. The fourth-order valence-corrected chi connectivity index (χ4v) is 3.43. The van der Waals surface area contributed by atoms with Gasteiger partial charge in [-0.3, -0.25) is 4.79 Å². The topological polar surface area (TPSA) is 61.4 Å². The van der Waals surface area contributed by atoms with Gasteiger partial charge in [-0.15, -0.1) is 0 Å². The van der Waals surface area contributed by atoms with Crippen LogP contribution in [-0.2, 0) is 4.79 Å². The van der Waals surface area contributed by atoms with E-state index < -0.39 is 0 Å². The van der Waals surface area contributed by atoms with E-state index in [0.29, 0.717) is 11.3 Å². The molecule has 0 aromatic heterocycles. The van der Waals surface area contributed by atoms with Gasteiger partial charge in [-0.05, 0) is 56.5 Å². The van der Waals surface area contributed by atoms with Gasteiger partial charge in [-0.25, -0.2) is 0 Å². The molecule has 2 aliphatic carbocycles. The van der Waals surface area contributed by atoms with Gasteiger partial charge in [0.25, 0.3) is 0 Å². The molecular weight excluding hydrogens is 216 g/mol. The zero-order valence-electron chi connectivity index (χ0n) is 10.2. The number of amides is 1. The van der Waals surface area contributed by atoms with Gasteiger partial charge < -0.3 is 15.7 Å². The van der Waals surface area contributed by atoms with Crippen molar-refractivity contribution in [2.45, 2.75) is 38.2 Å². The summed E-state index contributed by atoms with van der Waals surface area (Å²) in [6.45, 7) is 2.90. The first kappa shape index (κ1) is 11.5.